The van der Waals surface area contributed by atoms with Gasteiger partial charge in [0.15, 0.2) is 0 Å². The highest BCUT2D eigenvalue weighted by Crippen LogP contribution is 2.39. The summed E-state index contributed by atoms with van der Waals surface area (Å²) in [4.78, 5) is 0.172. The fraction of sp³-hybridized carbons (Fsp3) is 0.250. The van der Waals surface area contributed by atoms with Crippen LogP contribution >= 0.6 is 0 Å². The second kappa shape index (κ2) is 5.21. The molecule has 1 aliphatic heterocycles. The lowest BCUT2D eigenvalue weighted by molar-refractivity contribution is 0.402. The summed E-state index contributed by atoms with van der Waals surface area (Å²) in [6, 6.07) is 10.6. The van der Waals surface area contributed by atoms with Crippen molar-refractivity contribution in [3.8, 4) is 5.75 Å². The first-order chi connectivity index (χ1) is 10.4. The maximum Gasteiger partial charge on any atom is 0.268 e. The molecule has 0 saturated heterocycles. The number of benzene rings is 2. The molecular weight excluding hydrogens is 300 g/mol. The molecule has 0 aromatic heterocycles. The van der Waals surface area contributed by atoms with Crippen molar-refractivity contribution < 1.29 is 13.2 Å². The molecule has 0 bridgehead atoms. The van der Waals surface area contributed by atoms with E-state index in [0.29, 0.717) is 30.1 Å². The number of hydrogen-bond donors (Lipinski definition) is 1. The van der Waals surface area contributed by atoms with Crippen molar-refractivity contribution in [2.75, 3.05) is 23.7 Å². The molecule has 5 nitrogen and oxygen atoms in total. The Balaban J connectivity index is 2.16. The lowest BCUT2D eigenvalue weighted by atomic mass is 10.1. The van der Waals surface area contributed by atoms with Gasteiger partial charge < -0.3 is 10.5 Å². The van der Waals surface area contributed by atoms with Crippen molar-refractivity contribution in [2.45, 2.75) is 18.2 Å². The molecule has 0 fully saturated rings. The average molecular weight is 318 g/mol. The van der Waals surface area contributed by atoms with E-state index in [4.69, 9.17) is 10.5 Å². The lowest BCUT2D eigenvalue weighted by Gasteiger charge is -2.22. The molecule has 0 saturated carbocycles. The third kappa shape index (κ3) is 2.20. The first-order valence-corrected chi connectivity index (χ1v) is 8.44. The number of methoxy groups -OCH3 is 1. The summed E-state index contributed by atoms with van der Waals surface area (Å²) in [6.45, 7) is 2.24. The largest absolute Gasteiger partial charge is 0.495 e. The van der Waals surface area contributed by atoms with E-state index < -0.39 is 10.0 Å². The summed E-state index contributed by atoms with van der Waals surface area (Å²) >= 11 is 0. The normalized spacial score (nSPS) is 14.0. The van der Waals surface area contributed by atoms with Crippen molar-refractivity contribution in [1.82, 2.24) is 0 Å². The minimum Gasteiger partial charge on any atom is -0.495 e. The minimum absolute atomic E-state index is 0.172. The second-order valence-electron chi connectivity index (χ2n) is 5.34. The quantitative estimate of drug-likeness (QED) is 0.882. The summed E-state index contributed by atoms with van der Waals surface area (Å²) in [5, 5.41) is 0. The maximum absolute atomic E-state index is 13.1. The molecule has 3 rings (SSSR count). The zero-order chi connectivity index (χ0) is 15.9. The van der Waals surface area contributed by atoms with Crippen LogP contribution in [0.3, 0.4) is 0 Å². The summed E-state index contributed by atoms with van der Waals surface area (Å²) < 4.78 is 32.8. The SMILES string of the molecule is COc1ccc(C)cc1S(=O)(=O)N1CCc2cccc(N)c21. The number of hydrogen-bond acceptors (Lipinski definition) is 4. The van der Waals surface area contributed by atoms with Gasteiger partial charge in [0, 0.05) is 6.54 Å². The summed E-state index contributed by atoms with van der Waals surface area (Å²) in [6.07, 6.45) is 0.660. The van der Waals surface area contributed by atoms with E-state index in [-0.39, 0.29) is 4.90 Å². The number of para-hydroxylation sites is 1. The Bertz CT molecular complexity index is 831. The Morgan fingerprint density at radius 1 is 1.23 bits per heavy atom. The van der Waals surface area contributed by atoms with Crippen LogP contribution < -0.4 is 14.8 Å². The Morgan fingerprint density at radius 2 is 2.00 bits per heavy atom. The lowest BCUT2D eigenvalue weighted by Crippen LogP contribution is -2.30. The van der Waals surface area contributed by atoms with E-state index in [2.05, 4.69) is 0 Å². The minimum atomic E-state index is -3.71. The zero-order valence-electron chi connectivity index (χ0n) is 12.5. The van der Waals surface area contributed by atoms with Gasteiger partial charge in [-0.15, -0.1) is 0 Å². The van der Waals surface area contributed by atoms with Crippen LogP contribution in [-0.4, -0.2) is 22.1 Å². The third-order valence-corrected chi connectivity index (χ3v) is 5.69. The van der Waals surface area contributed by atoms with Crippen molar-refractivity contribution in [2.24, 2.45) is 0 Å². The number of ether oxygens (including phenoxy) is 1. The smallest absolute Gasteiger partial charge is 0.268 e. The predicted molar refractivity (Wildman–Crippen MR) is 86.8 cm³/mol. The topological polar surface area (TPSA) is 72.6 Å². The molecule has 6 heteroatoms. The van der Waals surface area contributed by atoms with Gasteiger partial charge in [-0.3, -0.25) is 4.31 Å². The molecule has 2 aromatic carbocycles. The van der Waals surface area contributed by atoms with E-state index in [1.165, 1.54) is 11.4 Å². The van der Waals surface area contributed by atoms with Crippen LogP contribution in [-0.2, 0) is 16.4 Å². The van der Waals surface area contributed by atoms with Crippen LogP contribution in [0.2, 0.25) is 0 Å². The Kier molecular flexibility index (Phi) is 3.48. The van der Waals surface area contributed by atoms with Gasteiger partial charge in [0.05, 0.1) is 18.5 Å². The average Bonchev–Trinajstić information content (AvgIpc) is 2.93. The molecule has 1 aliphatic rings. The van der Waals surface area contributed by atoms with Gasteiger partial charge in [0.1, 0.15) is 10.6 Å². The fourth-order valence-corrected chi connectivity index (χ4v) is 4.57. The fourth-order valence-electron chi connectivity index (χ4n) is 2.80. The Morgan fingerprint density at radius 3 is 2.73 bits per heavy atom. The van der Waals surface area contributed by atoms with Crippen LogP contribution in [0, 0.1) is 6.92 Å². The van der Waals surface area contributed by atoms with Crippen molar-refractivity contribution in [1.29, 1.82) is 0 Å². The molecule has 2 aromatic rings. The number of rotatable bonds is 3. The predicted octanol–water partition coefficient (Wildman–Crippen LogP) is 2.34. The van der Waals surface area contributed by atoms with E-state index in [0.717, 1.165) is 11.1 Å². The molecule has 22 heavy (non-hydrogen) atoms. The van der Waals surface area contributed by atoms with Crippen LogP contribution in [0.5, 0.6) is 5.75 Å². The molecule has 0 amide bonds. The van der Waals surface area contributed by atoms with Crippen molar-refractivity contribution in [3.05, 3.63) is 47.5 Å². The summed E-state index contributed by atoms with van der Waals surface area (Å²) in [7, 11) is -2.24. The molecule has 0 radical (unpaired) electrons. The second-order valence-corrected chi connectivity index (χ2v) is 7.17. The standard InChI is InChI=1S/C16H18N2O3S/c1-11-6-7-14(21-2)15(10-11)22(19,20)18-9-8-12-4-3-5-13(17)16(12)18/h3-7,10H,8-9,17H2,1-2H3. The van der Waals surface area contributed by atoms with Gasteiger partial charge in [0.2, 0.25) is 0 Å². The van der Waals surface area contributed by atoms with E-state index in [1.807, 2.05) is 25.1 Å². The van der Waals surface area contributed by atoms with Crippen molar-refractivity contribution in [3.63, 3.8) is 0 Å². The molecule has 0 aliphatic carbocycles. The first-order valence-electron chi connectivity index (χ1n) is 7.00. The highest BCUT2D eigenvalue weighted by atomic mass is 32.2. The number of fused-ring (bicyclic) bond motifs is 1. The number of anilines is 2. The molecular formula is C16H18N2O3S. The monoisotopic (exact) mass is 318 g/mol. The first kappa shape index (κ1) is 14.7. The zero-order valence-corrected chi connectivity index (χ0v) is 13.4. The van der Waals surface area contributed by atoms with E-state index in [9.17, 15) is 8.42 Å². The number of nitrogen functional groups attached to an aromatic ring is 1. The molecule has 2 N–H and O–H groups in total. The van der Waals surface area contributed by atoms with Gasteiger partial charge in [-0.1, -0.05) is 18.2 Å². The van der Waals surface area contributed by atoms with Crippen molar-refractivity contribution >= 4 is 21.4 Å². The van der Waals surface area contributed by atoms with Crippen LogP contribution in [0.4, 0.5) is 11.4 Å². The molecule has 0 spiro atoms. The molecule has 1 heterocycles. The van der Waals surface area contributed by atoms with E-state index in [1.54, 1.807) is 18.2 Å². The summed E-state index contributed by atoms with van der Waals surface area (Å²) in [5.41, 5.74) is 8.88. The highest BCUT2D eigenvalue weighted by Gasteiger charge is 2.34. The van der Waals surface area contributed by atoms with Gasteiger partial charge in [0.25, 0.3) is 10.0 Å². The van der Waals surface area contributed by atoms with Gasteiger partial charge >= 0.3 is 0 Å². The van der Waals surface area contributed by atoms with Crippen LogP contribution in [0.25, 0.3) is 0 Å². The Hall–Kier alpha value is -2.21. The van der Waals surface area contributed by atoms with Crippen LogP contribution in [0.15, 0.2) is 41.3 Å². The molecule has 0 unspecified atom stereocenters. The van der Waals surface area contributed by atoms with E-state index >= 15 is 0 Å². The van der Waals surface area contributed by atoms with Gasteiger partial charge in [-0.05, 0) is 42.7 Å². The van der Waals surface area contributed by atoms with Crippen LogP contribution in [0.1, 0.15) is 11.1 Å². The number of sulfonamides is 1. The Labute approximate surface area is 130 Å². The number of nitrogens with two attached hydrogens (primary N) is 1. The van der Waals surface area contributed by atoms with Gasteiger partial charge in [-0.2, -0.15) is 0 Å². The molecule has 116 valence electrons. The number of aryl methyl sites for hydroxylation is 1. The van der Waals surface area contributed by atoms with Gasteiger partial charge in [-0.25, -0.2) is 8.42 Å². The molecule has 0 atom stereocenters. The number of nitrogens with zero attached hydrogens (tertiary/aromatic N) is 1. The highest BCUT2D eigenvalue weighted by molar-refractivity contribution is 7.93. The summed E-state index contributed by atoms with van der Waals surface area (Å²) in [5.74, 6) is 0.341. The maximum atomic E-state index is 13.1. The third-order valence-electron chi connectivity index (χ3n) is 3.87.